The molecule has 0 amide bonds. The zero-order valence-electron chi connectivity index (χ0n) is 17.8. The van der Waals surface area contributed by atoms with E-state index in [1.807, 2.05) is 18.2 Å². The molecule has 0 aliphatic heterocycles. The fraction of sp³-hybridized carbons (Fsp3) is 0.682. The van der Waals surface area contributed by atoms with E-state index >= 15 is 0 Å². The third-order valence-electron chi connectivity index (χ3n) is 5.15. The van der Waals surface area contributed by atoms with E-state index in [9.17, 15) is 4.79 Å². The highest BCUT2D eigenvalue weighted by Gasteiger charge is 2.34. The molecule has 0 heterocycles. The number of methoxy groups -OCH3 is 3. The molecule has 1 aromatic carbocycles. The summed E-state index contributed by atoms with van der Waals surface area (Å²) in [6, 6.07) is 8.03. The van der Waals surface area contributed by atoms with Crippen LogP contribution in [0.15, 0.2) is 24.3 Å². The molecule has 0 spiro atoms. The van der Waals surface area contributed by atoms with Gasteiger partial charge in [0, 0.05) is 27.8 Å². The normalized spacial score (nSPS) is 22.9. The van der Waals surface area contributed by atoms with Gasteiger partial charge in [0.25, 0.3) is 0 Å². The molecule has 164 valence electrons. The van der Waals surface area contributed by atoms with Crippen molar-refractivity contribution in [2.75, 3.05) is 41.7 Å². The molecule has 0 radical (unpaired) electrons. The van der Waals surface area contributed by atoms with Crippen molar-refractivity contribution in [2.24, 2.45) is 5.92 Å². The Balaban J connectivity index is 2.03. The predicted molar refractivity (Wildman–Crippen MR) is 108 cm³/mol. The quantitative estimate of drug-likeness (QED) is 0.489. The van der Waals surface area contributed by atoms with E-state index in [0.29, 0.717) is 12.3 Å². The Kier molecular flexibility index (Phi) is 11.2. The van der Waals surface area contributed by atoms with Crippen LogP contribution in [0.2, 0.25) is 0 Å². The molecule has 7 heteroatoms. The fourth-order valence-corrected chi connectivity index (χ4v) is 3.73. The van der Waals surface area contributed by atoms with Gasteiger partial charge >= 0.3 is 0 Å². The molecule has 0 aromatic heterocycles. The summed E-state index contributed by atoms with van der Waals surface area (Å²) in [7, 11) is 4.73. The maximum absolute atomic E-state index is 12.5. The summed E-state index contributed by atoms with van der Waals surface area (Å²) in [5.74, 6) is 1.33. The minimum atomic E-state index is -0.620. The summed E-state index contributed by atoms with van der Waals surface area (Å²) < 4.78 is 32.3. The number of carbonyl (C=O) groups excluding carboxylic acids is 1. The zero-order chi connectivity index (χ0) is 20.9. The van der Waals surface area contributed by atoms with Crippen LogP contribution in [-0.2, 0) is 34.9 Å². The molecular formula is C22H34O7. The lowest BCUT2D eigenvalue weighted by Gasteiger charge is -2.31. The van der Waals surface area contributed by atoms with E-state index < -0.39 is 6.10 Å². The lowest BCUT2D eigenvalue weighted by molar-refractivity contribution is -0.175. The molecule has 0 bridgehead atoms. The van der Waals surface area contributed by atoms with Gasteiger partial charge in [-0.1, -0.05) is 18.2 Å². The number of hydrogen-bond acceptors (Lipinski definition) is 7. The van der Waals surface area contributed by atoms with Crippen molar-refractivity contribution in [1.82, 2.24) is 0 Å². The summed E-state index contributed by atoms with van der Waals surface area (Å²) in [5.41, 5.74) is 1.16. The molecule has 1 saturated carbocycles. The number of aryl methyl sites for hydroxylation is 1. The second-order valence-electron chi connectivity index (χ2n) is 7.26. The summed E-state index contributed by atoms with van der Waals surface area (Å²) >= 11 is 0. The van der Waals surface area contributed by atoms with Crippen molar-refractivity contribution < 1.29 is 33.2 Å². The van der Waals surface area contributed by atoms with E-state index in [2.05, 4.69) is 6.07 Å². The van der Waals surface area contributed by atoms with Gasteiger partial charge in [-0.2, -0.15) is 0 Å². The smallest absolute Gasteiger partial charge is 0.188 e. The highest BCUT2D eigenvalue weighted by Crippen LogP contribution is 2.30. The molecule has 3 unspecified atom stereocenters. The minimum absolute atomic E-state index is 0.0676. The fourth-order valence-electron chi connectivity index (χ4n) is 3.73. The van der Waals surface area contributed by atoms with E-state index in [1.54, 1.807) is 21.3 Å². The molecule has 1 aliphatic rings. The second kappa shape index (κ2) is 13.7. The van der Waals surface area contributed by atoms with Crippen LogP contribution in [0.25, 0.3) is 0 Å². The lowest BCUT2D eigenvalue weighted by Crippen LogP contribution is -2.42. The molecule has 0 N–H and O–H groups in total. The van der Waals surface area contributed by atoms with E-state index in [4.69, 9.17) is 28.4 Å². The third-order valence-corrected chi connectivity index (χ3v) is 5.15. The average molecular weight is 411 g/mol. The molecule has 0 saturated heterocycles. The summed E-state index contributed by atoms with van der Waals surface area (Å²) in [6.07, 6.45) is 3.97. The Hall–Kier alpha value is -1.51. The first-order valence-corrected chi connectivity index (χ1v) is 10.1. The maximum atomic E-state index is 12.5. The van der Waals surface area contributed by atoms with E-state index in [0.717, 1.165) is 43.4 Å². The van der Waals surface area contributed by atoms with Crippen molar-refractivity contribution in [2.45, 2.75) is 50.7 Å². The predicted octanol–water partition coefficient (Wildman–Crippen LogP) is 3.34. The highest BCUT2D eigenvalue weighted by atomic mass is 16.7. The van der Waals surface area contributed by atoms with Gasteiger partial charge in [0.05, 0.1) is 6.10 Å². The Morgan fingerprint density at radius 3 is 2.45 bits per heavy atom. The molecule has 1 aliphatic carbocycles. The van der Waals surface area contributed by atoms with Crippen molar-refractivity contribution in [1.29, 1.82) is 0 Å². The first kappa shape index (κ1) is 23.8. The van der Waals surface area contributed by atoms with Crippen LogP contribution in [0.1, 0.15) is 37.7 Å². The number of rotatable bonds is 12. The van der Waals surface area contributed by atoms with Gasteiger partial charge in [-0.15, -0.1) is 0 Å². The van der Waals surface area contributed by atoms with Gasteiger partial charge in [-0.05, 0) is 49.7 Å². The summed E-state index contributed by atoms with van der Waals surface area (Å²) in [6.45, 7) is 0.428. The highest BCUT2D eigenvalue weighted by molar-refractivity contribution is 5.83. The lowest BCUT2D eigenvalue weighted by atomic mass is 9.84. The topological polar surface area (TPSA) is 72.5 Å². The molecule has 7 nitrogen and oxygen atoms in total. The summed E-state index contributed by atoms with van der Waals surface area (Å²) in [5, 5.41) is 0. The van der Waals surface area contributed by atoms with Crippen LogP contribution >= 0.6 is 0 Å². The van der Waals surface area contributed by atoms with Crippen LogP contribution in [0, 0.1) is 5.92 Å². The Bertz CT molecular complexity index is 592. The van der Waals surface area contributed by atoms with Crippen LogP contribution in [0.4, 0.5) is 0 Å². The van der Waals surface area contributed by atoms with Gasteiger partial charge in [-0.3, -0.25) is 4.79 Å². The van der Waals surface area contributed by atoms with Crippen LogP contribution in [0.3, 0.4) is 0 Å². The average Bonchev–Trinajstić information content (AvgIpc) is 2.73. The third kappa shape index (κ3) is 8.03. The molecule has 2 rings (SSSR count). The number of ketones is 1. The number of Topliss-reactive ketones (excluding diaryl/α,β-unsaturated/α-hetero) is 1. The van der Waals surface area contributed by atoms with Crippen LogP contribution in [-0.4, -0.2) is 59.7 Å². The second-order valence-corrected chi connectivity index (χ2v) is 7.26. The van der Waals surface area contributed by atoms with E-state index in [1.165, 1.54) is 0 Å². The van der Waals surface area contributed by atoms with Crippen molar-refractivity contribution in [3.8, 4) is 5.75 Å². The maximum Gasteiger partial charge on any atom is 0.188 e. The molecule has 3 atom stereocenters. The molecule has 1 fully saturated rings. The monoisotopic (exact) mass is 410 g/mol. The molecule has 29 heavy (non-hydrogen) atoms. The first-order valence-electron chi connectivity index (χ1n) is 10.1. The Morgan fingerprint density at radius 1 is 0.966 bits per heavy atom. The van der Waals surface area contributed by atoms with Crippen molar-refractivity contribution >= 4 is 5.78 Å². The SMILES string of the molecule is COCOc1ccccc1CCC1CCCC(=O)C(OCOC)C(OCOC)C1. The largest absolute Gasteiger partial charge is 0.467 e. The number of ether oxygens (including phenoxy) is 6. The number of hydrogen-bond donors (Lipinski definition) is 0. The van der Waals surface area contributed by atoms with Crippen LogP contribution < -0.4 is 4.74 Å². The van der Waals surface area contributed by atoms with Crippen molar-refractivity contribution in [3.05, 3.63) is 29.8 Å². The molecular weight excluding hydrogens is 376 g/mol. The zero-order valence-corrected chi connectivity index (χ0v) is 17.8. The first-order chi connectivity index (χ1) is 14.2. The van der Waals surface area contributed by atoms with Gasteiger partial charge in [-0.25, -0.2) is 0 Å². The van der Waals surface area contributed by atoms with Gasteiger partial charge in [0.1, 0.15) is 25.4 Å². The summed E-state index contributed by atoms with van der Waals surface area (Å²) in [4.78, 5) is 12.5. The minimum Gasteiger partial charge on any atom is -0.467 e. The number of benzene rings is 1. The Morgan fingerprint density at radius 2 is 1.69 bits per heavy atom. The van der Waals surface area contributed by atoms with Crippen molar-refractivity contribution in [3.63, 3.8) is 0 Å². The number of carbonyl (C=O) groups is 1. The Labute approximate surface area is 173 Å². The van der Waals surface area contributed by atoms with Gasteiger partial charge < -0.3 is 28.4 Å². The van der Waals surface area contributed by atoms with Crippen LogP contribution in [0.5, 0.6) is 5.75 Å². The van der Waals surface area contributed by atoms with Gasteiger partial charge in [0.2, 0.25) is 0 Å². The van der Waals surface area contributed by atoms with E-state index in [-0.39, 0.29) is 32.3 Å². The standard InChI is InChI=1S/C22H34O7/c1-24-14-27-20-10-5-4-8-18(20)12-11-17-7-6-9-19(23)22(29-16-26-3)21(13-17)28-15-25-2/h4-5,8,10,17,21-22H,6-7,9,11-16H2,1-3H3. The number of para-hydroxylation sites is 1. The molecule has 1 aromatic rings. The van der Waals surface area contributed by atoms with Gasteiger partial charge in [0.15, 0.2) is 12.6 Å².